The number of anilines is 1. The predicted octanol–water partition coefficient (Wildman–Crippen LogP) is 8.27. The van der Waals surface area contributed by atoms with Crippen LogP contribution in [0.15, 0.2) is 84.4 Å². The fraction of sp³-hybridized carbons (Fsp3) is 0. The molecule has 0 fully saturated rings. The third kappa shape index (κ3) is 5.37. The molecule has 2 nitrogen and oxygen atoms in total. The van der Waals surface area contributed by atoms with Gasteiger partial charge in [-0.25, -0.2) is 13.2 Å². The quantitative estimate of drug-likeness (QED) is 0.292. The summed E-state index contributed by atoms with van der Waals surface area (Å²) < 4.78 is 54.8. The van der Waals surface area contributed by atoms with E-state index in [0.29, 0.717) is 11.1 Å². The fourth-order valence-corrected chi connectivity index (χ4v) is 5.43. The highest BCUT2D eigenvalue weighted by Crippen LogP contribution is 2.54. The van der Waals surface area contributed by atoms with Gasteiger partial charge in [-0.3, -0.25) is 4.57 Å². The Morgan fingerprint density at radius 3 is 1.67 bits per heavy atom. The van der Waals surface area contributed by atoms with Crippen molar-refractivity contribution in [2.45, 2.75) is 0 Å². The lowest BCUT2D eigenvalue weighted by molar-refractivity contribution is 0.449. The third-order valence-electron chi connectivity index (χ3n) is 4.04. The van der Waals surface area contributed by atoms with Gasteiger partial charge in [-0.05, 0) is 23.3 Å². The number of benzene rings is 3. The maximum Gasteiger partial charge on any atom is 0.216 e. The van der Waals surface area contributed by atoms with Gasteiger partial charge in [-0.1, -0.05) is 83.9 Å². The second-order valence-corrected chi connectivity index (χ2v) is 9.20. The van der Waals surface area contributed by atoms with Gasteiger partial charge in [0, 0.05) is 11.6 Å². The minimum absolute atomic E-state index is 0.114. The van der Waals surface area contributed by atoms with E-state index in [0.717, 1.165) is 12.1 Å². The van der Waals surface area contributed by atoms with Gasteiger partial charge in [0.25, 0.3) is 0 Å². The molecule has 1 N–H and O–H groups in total. The van der Waals surface area contributed by atoms with Crippen LogP contribution in [-0.2, 0) is 4.57 Å². The fourth-order valence-electron chi connectivity index (χ4n) is 2.58. The van der Waals surface area contributed by atoms with Crippen molar-refractivity contribution in [2.24, 2.45) is 0 Å². The summed E-state index contributed by atoms with van der Waals surface area (Å²) in [6, 6.07) is 19.0. The van der Waals surface area contributed by atoms with E-state index < -0.39 is 30.4 Å². The van der Waals surface area contributed by atoms with Crippen molar-refractivity contribution in [3.8, 4) is 0 Å². The van der Waals surface area contributed by atoms with Crippen LogP contribution in [0, 0.1) is 17.5 Å². The SMILES string of the molecule is O=P(/C=C(\Cl)c1ccccc1)(/C=C(\Cl)c1ccccc1)Nc1ccc(F)c(F)c1F. The molecule has 3 aromatic rings. The molecular weight excluding hydrogens is 453 g/mol. The molecule has 0 aromatic heterocycles. The van der Waals surface area contributed by atoms with Gasteiger partial charge in [0.2, 0.25) is 7.29 Å². The monoisotopic (exact) mass is 467 g/mol. The van der Waals surface area contributed by atoms with E-state index in [4.69, 9.17) is 23.2 Å². The Labute approximate surface area is 182 Å². The van der Waals surface area contributed by atoms with E-state index >= 15 is 0 Å². The number of nitrogens with one attached hydrogen (secondary N) is 1. The van der Waals surface area contributed by atoms with Crippen LogP contribution in [0.25, 0.3) is 10.1 Å². The third-order valence-corrected chi connectivity index (χ3v) is 6.87. The Morgan fingerprint density at radius 2 is 1.20 bits per heavy atom. The van der Waals surface area contributed by atoms with Gasteiger partial charge in [0.1, 0.15) is 0 Å². The minimum atomic E-state index is -3.81. The average molecular weight is 468 g/mol. The van der Waals surface area contributed by atoms with E-state index in [2.05, 4.69) is 5.09 Å². The van der Waals surface area contributed by atoms with E-state index in [-0.39, 0.29) is 10.1 Å². The molecule has 0 radical (unpaired) electrons. The molecule has 0 saturated carbocycles. The second kappa shape index (κ2) is 9.57. The maximum absolute atomic E-state index is 14.2. The molecule has 0 saturated heterocycles. The number of halogens is 5. The Hall–Kier alpha value is -2.46. The minimum Gasteiger partial charge on any atom is -0.328 e. The standard InChI is InChI=1S/C22H15Cl2F3NOP/c23-17(15-7-3-1-4-8-15)13-30(29,14-18(24)16-9-5-2-6-10-16)28-20-12-11-19(25)21(26)22(20)27/h1-14H,(H,28,29)/b17-13-,18-14-. The Bertz CT molecular complexity index is 1090. The number of hydrogen-bond acceptors (Lipinski definition) is 1. The summed E-state index contributed by atoms with van der Waals surface area (Å²) >= 11 is 12.7. The molecule has 0 spiro atoms. The van der Waals surface area contributed by atoms with Crippen molar-refractivity contribution in [2.75, 3.05) is 5.09 Å². The first-order chi connectivity index (χ1) is 14.3. The highest BCUT2D eigenvalue weighted by molar-refractivity contribution is 7.72. The van der Waals surface area contributed by atoms with Gasteiger partial charge in [0.15, 0.2) is 17.5 Å². The zero-order chi connectivity index (χ0) is 21.7. The van der Waals surface area contributed by atoms with Crippen molar-refractivity contribution in [1.82, 2.24) is 0 Å². The summed E-state index contributed by atoms with van der Waals surface area (Å²) in [5.74, 6) is -2.15. The van der Waals surface area contributed by atoms with E-state index in [9.17, 15) is 17.7 Å². The largest absolute Gasteiger partial charge is 0.328 e. The summed E-state index contributed by atoms with van der Waals surface area (Å²) in [5, 5.41) is 2.67. The predicted molar refractivity (Wildman–Crippen MR) is 118 cm³/mol. The van der Waals surface area contributed by atoms with Crippen LogP contribution in [0.4, 0.5) is 18.9 Å². The van der Waals surface area contributed by atoms with Crippen LogP contribution < -0.4 is 5.09 Å². The normalized spacial score (nSPS) is 12.7. The van der Waals surface area contributed by atoms with Crippen molar-refractivity contribution >= 4 is 46.2 Å². The van der Waals surface area contributed by atoms with Crippen molar-refractivity contribution in [3.05, 3.63) is 113 Å². The van der Waals surface area contributed by atoms with Gasteiger partial charge < -0.3 is 5.09 Å². The smallest absolute Gasteiger partial charge is 0.216 e. The Kier molecular flexibility index (Phi) is 7.09. The highest BCUT2D eigenvalue weighted by atomic mass is 35.5. The Morgan fingerprint density at radius 1 is 0.733 bits per heavy atom. The van der Waals surface area contributed by atoms with Crippen molar-refractivity contribution in [3.63, 3.8) is 0 Å². The summed E-state index contributed by atoms with van der Waals surface area (Å²) in [6.07, 6.45) is 0. The molecule has 0 aliphatic rings. The zero-order valence-corrected chi connectivity index (χ0v) is 17.7. The van der Waals surface area contributed by atoms with Crippen LogP contribution in [0.2, 0.25) is 0 Å². The van der Waals surface area contributed by atoms with Crippen LogP contribution in [0.3, 0.4) is 0 Å². The van der Waals surface area contributed by atoms with Crippen LogP contribution in [0.5, 0.6) is 0 Å². The maximum atomic E-state index is 14.2. The molecule has 3 aromatic carbocycles. The topological polar surface area (TPSA) is 29.1 Å². The zero-order valence-electron chi connectivity index (χ0n) is 15.3. The summed E-state index contributed by atoms with van der Waals surface area (Å²) in [5.41, 5.74) is 0.646. The molecule has 0 aliphatic heterocycles. The first-order valence-corrected chi connectivity index (χ1v) is 11.3. The molecule has 0 bridgehead atoms. The molecule has 8 heteroatoms. The molecule has 0 aliphatic carbocycles. The average Bonchev–Trinajstić information content (AvgIpc) is 2.75. The van der Waals surface area contributed by atoms with Gasteiger partial charge >= 0.3 is 0 Å². The number of hydrogen-bond donors (Lipinski definition) is 1. The lowest BCUT2D eigenvalue weighted by atomic mass is 10.2. The summed E-state index contributed by atoms with van der Waals surface area (Å²) in [6.45, 7) is 0. The molecular formula is C22H15Cl2F3NOP. The molecule has 0 unspecified atom stereocenters. The molecule has 154 valence electrons. The summed E-state index contributed by atoms with van der Waals surface area (Å²) in [7, 11) is -3.81. The second-order valence-electron chi connectivity index (χ2n) is 6.23. The van der Waals surface area contributed by atoms with Crippen molar-refractivity contribution in [1.29, 1.82) is 0 Å². The molecule has 3 rings (SSSR count). The van der Waals surface area contributed by atoms with Crippen LogP contribution >= 0.6 is 30.5 Å². The lowest BCUT2D eigenvalue weighted by Gasteiger charge is -2.16. The van der Waals surface area contributed by atoms with Gasteiger partial charge in [-0.15, -0.1) is 0 Å². The van der Waals surface area contributed by atoms with E-state index in [1.54, 1.807) is 60.7 Å². The molecule has 0 heterocycles. The first-order valence-electron chi connectivity index (χ1n) is 8.68. The first kappa shape index (κ1) is 22.2. The van der Waals surface area contributed by atoms with Crippen molar-refractivity contribution < 1.29 is 17.7 Å². The van der Waals surface area contributed by atoms with Crippen LogP contribution in [-0.4, -0.2) is 0 Å². The molecule has 30 heavy (non-hydrogen) atoms. The lowest BCUT2D eigenvalue weighted by Crippen LogP contribution is -2.00. The van der Waals surface area contributed by atoms with E-state index in [1.807, 2.05) is 0 Å². The molecule has 0 amide bonds. The number of rotatable bonds is 6. The van der Waals surface area contributed by atoms with Crippen LogP contribution in [0.1, 0.15) is 11.1 Å². The highest BCUT2D eigenvalue weighted by Gasteiger charge is 2.23. The van der Waals surface area contributed by atoms with Gasteiger partial charge in [0.05, 0.1) is 15.8 Å². The Balaban J connectivity index is 2.09. The van der Waals surface area contributed by atoms with E-state index in [1.165, 1.54) is 11.6 Å². The van der Waals surface area contributed by atoms with Gasteiger partial charge in [-0.2, -0.15) is 0 Å². The molecule has 0 atom stereocenters. The summed E-state index contributed by atoms with van der Waals surface area (Å²) in [4.78, 5) is 0.